The maximum atomic E-state index is 15.3. The van der Waals surface area contributed by atoms with Gasteiger partial charge in [-0.2, -0.15) is 0 Å². The Balaban J connectivity index is 0.942. The van der Waals surface area contributed by atoms with Crippen LogP contribution in [0.5, 0.6) is 5.75 Å². The zero-order chi connectivity index (χ0) is 65.5. The highest BCUT2D eigenvalue weighted by Gasteiger charge is 2.46. The summed E-state index contributed by atoms with van der Waals surface area (Å²) in [6.45, 7) is 7.21. The van der Waals surface area contributed by atoms with Gasteiger partial charge in [0, 0.05) is 54.5 Å². The van der Waals surface area contributed by atoms with Crippen LogP contribution in [0.15, 0.2) is 266 Å². The van der Waals surface area contributed by atoms with E-state index in [1.165, 1.54) is 16.8 Å². The zero-order valence-corrected chi connectivity index (χ0v) is 54.5. The minimum Gasteiger partial charge on any atom is -0.497 e. The second-order valence-electron chi connectivity index (χ2n) is 23.7. The van der Waals surface area contributed by atoms with Gasteiger partial charge in [-0.3, -0.25) is 14.4 Å². The number of carbonyl (C=O) groups excluding carboxylic acids is 5. The predicted octanol–water partition coefficient (Wildman–Crippen LogP) is 14.6. The number of esters is 1. The quantitative estimate of drug-likeness (QED) is 0.0308. The molecule has 12 nitrogen and oxygen atoms in total. The summed E-state index contributed by atoms with van der Waals surface area (Å²) >= 11 is 1.62. The fourth-order valence-electron chi connectivity index (χ4n) is 12.7. The molecule has 474 valence electrons. The van der Waals surface area contributed by atoms with Crippen molar-refractivity contribution >= 4 is 41.5 Å². The monoisotopic (exact) mass is 1260 g/mol. The molecule has 0 aromatic heterocycles. The Bertz CT molecular complexity index is 3770. The predicted molar refractivity (Wildman–Crippen MR) is 370 cm³/mol. The Kier molecular flexibility index (Phi) is 21.6. The topological polar surface area (TPSA) is 144 Å². The lowest BCUT2D eigenvalue weighted by molar-refractivity contribution is -0.166. The number of alkyl carbamates (subject to hydrolysis) is 1. The molecule has 0 radical (unpaired) electrons. The standard InChI is InChI=1S/C80H80N4O8S/c1-8-55(2)73(77(88)92-79(59-31-15-9-16-32-59,60-33-17-10-18-34-60)61-35-19-11-20-36-61)84(6)75(86)57(4)83(5)76(87)72(52-58-47-49-66(90-7)50-48-58)82-74(85)56(3)51-65(81-78(89)91-53-71-69-45-29-27-43-67(69)68-44-28-30-46-70(68)71)54-93-80(62-37-21-12-22-38-62,63-39-23-13-24-40-63)64-41-25-14-26-42-64/h9-51,55,57,65,71-73H,8,52-54H2,1-7H3,(H,81,89)(H,82,85)/b56-51+/t55-,57-,65-,72-,73-/m0/s1. The van der Waals surface area contributed by atoms with Crippen LogP contribution in [-0.4, -0.2) is 97.3 Å². The molecule has 0 unspecified atom stereocenters. The SMILES string of the molecule is CC[C@H](C)[C@@H](C(=O)OC(c1ccccc1)(c1ccccc1)c1ccccc1)N(C)C(=O)[C@H](C)N(C)C(=O)[C@H](Cc1ccc(OC)cc1)NC(=O)/C(C)=C/[C@@H](CSC(c1ccccc1)(c1ccccc1)c1ccccc1)NC(=O)OCC1c2ccccc2-c2ccccc21. The fraction of sp³-hybridized carbons (Fsp3) is 0.237. The Morgan fingerprint density at radius 3 is 1.42 bits per heavy atom. The summed E-state index contributed by atoms with van der Waals surface area (Å²) in [7, 11) is 4.67. The molecule has 4 amide bonds. The average Bonchev–Trinajstić information content (AvgIpc) is 1.26. The number of nitrogens with zero attached hydrogens (tertiary/aromatic N) is 2. The number of nitrogens with one attached hydrogen (secondary N) is 2. The lowest BCUT2D eigenvalue weighted by Gasteiger charge is -2.40. The molecule has 9 aromatic rings. The zero-order valence-electron chi connectivity index (χ0n) is 53.7. The first-order valence-electron chi connectivity index (χ1n) is 31.6. The van der Waals surface area contributed by atoms with Crippen LogP contribution >= 0.6 is 11.8 Å². The normalized spacial score (nSPS) is 13.8. The molecule has 13 heteroatoms. The highest BCUT2D eigenvalue weighted by Crippen LogP contribution is 2.49. The lowest BCUT2D eigenvalue weighted by Crippen LogP contribution is -2.57. The molecule has 0 spiro atoms. The van der Waals surface area contributed by atoms with Gasteiger partial charge in [-0.05, 0) is 76.4 Å². The summed E-state index contributed by atoms with van der Waals surface area (Å²) in [6.07, 6.45) is 1.61. The first-order chi connectivity index (χ1) is 45.2. The minimum absolute atomic E-state index is 0.0380. The second-order valence-corrected chi connectivity index (χ2v) is 24.9. The van der Waals surface area contributed by atoms with Crippen molar-refractivity contribution in [3.05, 3.63) is 317 Å². The average molecular weight is 1260 g/mol. The number of rotatable bonds is 26. The van der Waals surface area contributed by atoms with E-state index >= 15 is 19.2 Å². The van der Waals surface area contributed by atoms with Crippen LogP contribution in [0.25, 0.3) is 11.1 Å². The second kappa shape index (κ2) is 30.4. The molecule has 0 heterocycles. The van der Waals surface area contributed by atoms with Crippen LogP contribution in [-0.2, 0) is 45.4 Å². The Labute approximate surface area is 551 Å². The number of methoxy groups -OCH3 is 1. The van der Waals surface area contributed by atoms with Crippen molar-refractivity contribution < 1.29 is 38.2 Å². The molecule has 5 atom stereocenters. The van der Waals surface area contributed by atoms with Gasteiger partial charge >= 0.3 is 12.1 Å². The van der Waals surface area contributed by atoms with Crippen LogP contribution in [0.1, 0.15) is 90.1 Å². The van der Waals surface area contributed by atoms with E-state index in [0.717, 1.165) is 55.6 Å². The number of hydrogen-bond acceptors (Lipinski definition) is 9. The third-order valence-corrected chi connectivity index (χ3v) is 19.6. The number of hydrogen-bond donors (Lipinski definition) is 2. The van der Waals surface area contributed by atoms with E-state index in [4.69, 9.17) is 14.2 Å². The summed E-state index contributed by atoms with van der Waals surface area (Å²) < 4.78 is 17.8. The molecule has 0 saturated carbocycles. The lowest BCUT2D eigenvalue weighted by atomic mass is 9.80. The van der Waals surface area contributed by atoms with Crippen molar-refractivity contribution in [2.24, 2.45) is 5.92 Å². The van der Waals surface area contributed by atoms with Crippen molar-refractivity contribution in [1.29, 1.82) is 0 Å². The van der Waals surface area contributed by atoms with Gasteiger partial charge in [0.15, 0.2) is 5.60 Å². The van der Waals surface area contributed by atoms with Gasteiger partial charge in [0.05, 0.1) is 17.9 Å². The van der Waals surface area contributed by atoms with Crippen molar-refractivity contribution in [1.82, 2.24) is 20.4 Å². The Morgan fingerprint density at radius 2 is 0.978 bits per heavy atom. The molecule has 2 N–H and O–H groups in total. The minimum atomic E-state index is -1.40. The van der Waals surface area contributed by atoms with Gasteiger partial charge < -0.3 is 34.6 Å². The summed E-state index contributed by atoms with van der Waals surface area (Å²) in [6, 6.07) is 78.7. The van der Waals surface area contributed by atoms with Crippen molar-refractivity contribution in [2.45, 2.75) is 81.0 Å². The highest BCUT2D eigenvalue weighted by molar-refractivity contribution is 8.00. The molecule has 0 aliphatic heterocycles. The first kappa shape index (κ1) is 66.0. The molecule has 93 heavy (non-hydrogen) atoms. The van der Waals surface area contributed by atoms with Crippen molar-refractivity contribution in [2.75, 3.05) is 33.6 Å². The molecule has 10 rings (SSSR count). The van der Waals surface area contributed by atoms with E-state index in [2.05, 4.69) is 71.3 Å². The summed E-state index contributed by atoms with van der Waals surface area (Å²) in [5, 5.41) is 6.20. The Morgan fingerprint density at radius 1 is 0.548 bits per heavy atom. The third kappa shape index (κ3) is 14.5. The van der Waals surface area contributed by atoms with Gasteiger partial charge in [0.25, 0.3) is 0 Å². The van der Waals surface area contributed by atoms with E-state index in [1.807, 2.05) is 196 Å². The van der Waals surface area contributed by atoms with Crippen LogP contribution in [0.2, 0.25) is 0 Å². The highest BCUT2D eigenvalue weighted by atomic mass is 32.2. The van der Waals surface area contributed by atoms with Crippen LogP contribution in [0, 0.1) is 5.92 Å². The fourth-order valence-corrected chi connectivity index (χ4v) is 14.2. The smallest absolute Gasteiger partial charge is 0.407 e. The van der Waals surface area contributed by atoms with Gasteiger partial charge in [0.1, 0.15) is 30.5 Å². The number of benzene rings is 9. The number of likely N-dealkylation sites (N-methyl/N-ethyl adjacent to an activating group) is 2. The van der Waals surface area contributed by atoms with E-state index in [0.29, 0.717) is 17.7 Å². The van der Waals surface area contributed by atoms with Gasteiger partial charge in [-0.1, -0.05) is 269 Å². The molecule has 0 saturated heterocycles. The summed E-state index contributed by atoms with van der Waals surface area (Å²) in [4.78, 5) is 77.9. The van der Waals surface area contributed by atoms with Crippen molar-refractivity contribution in [3.8, 4) is 16.9 Å². The molecule has 1 aliphatic carbocycles. The summed E-state index contributed by atoms with van der Waals surface area (Å²) in [5.74, 6) is -1.98. The molecule has 9 aromatic carbocycles. The van der Waals surface area contributed by atoms with E-state index in [-0.39, 0.29) is 36.2 Å². The van der Waals surface area contributed by atoms with Gasteiger partial charge in [-0.15, -0.1) is 11.8 Å². The van der Waals surface area contributed by atoms with Crippen LogP contribution in [0.3, 0.4) is 0 Å². The van der Waals surface area contributed by atoms with Gasteiger partial charge in [0.2, 0.25) is 17.7 Å². The first-order valence-corrected chi connectivity index (χ1v) is 32.6. The number of amides is 4. The van der Waals surface area contributed by atoms with Crippen LogP contribution < -0.4 is 15.4 Å². The van der Waals surface area contributed by atoms with Gasteiger partial charge in [-0.25, -0.2) is 9.59 Å². The molecule has 1 aliphatic rings. The largest absolute Gasteiger partial charge is 0.497 e. The third-order valence-electron chi connectivity index (χ3n) is 17.9. The van der Waals surface area contributed by atoms with E-state index < -0.39 is 64.3 Å². The number of thioether (sulfide) groups is 1. The maximum absolute atomic E-state index is 15.3. The van der Waals surface area contributed by atoms with E-state index in [1.54, 1.807) is 58.0 Å². The molecular formula is C80H80N4O8S. The van der Waals surface area contributed by atoms with Crippen molar-refractivity contribution in [3.63, 3.8) is 0 Å². The number of ether oxygens (including phenoxy) is 3. The Hall–Kier alpha value is -9.98. The molecule has 0 fully saturated rings. The summed E-state index contributed by atoms with van der Waals surface area (Å²) in [5.41, 5.74) is 9.08. The molecular weight excluding hydrogens is 1180 g/mol. The molecule has 0 bridgehead atoms. The number of carbonyl (C=O) groups is 5. The maximum Gasteiger partial charge on any atom is 0.407 e. The number of fused-ring (bicyclic) bond motifs is 3. The van der Waals surface area contributed by atoms with E-state index in [9.17, 15) is 4.79 Å². The van der Waals surface area contributed by atoms with Crippen LogP contribution in [0.4, 0.5) is 4.79 Å².